The third-order valence-electron chi connectivity index (χ3n) is 5.86. The molecule has 0 aromatic heterocycles. The quantitative estimate of drug-likeness (QED) is 0.640. The highest BCUT2D eigenvalue weighted by molar-refractivity contribution is 5.79. The Balaban J connectivity index is 1.63. The molecule has 3 rings (SSSR count). The lowest BCUT2D eigenvalue weighted by atomic mass is 10.0. The Kier molecular flexibility index (Phi) is 8.50. The van der Waals surface area contributed by atoms with Gasteiger partial charge in [-0.15, -0.1) is 0 Å². The second kappa shape index (κ2) is 11.3. The van der Waals surface area contributed by atoms with Crippen LogP contribution in [-0.4, -0.2) is 54.1 Å². The minimum Gasteiger partial charge on any atom is -0.444 e. The Labute approximate surface area is 197 Å². The van der Waals surface area contributed by atoms with Crippen molar-refractivity contribution in [2.24, 2.45) is 0 Å². The van der Waals surface area contributed by atoms with E-state index < -0.39 is 11.7 Å². The maximum Gasteiger partial charge on any atom is 0.407 e. The molecule has 6 nitrogen and oxygen atoms in total. The van der Waals surface area contributed by atoms with Crippen LogP contribution >= 0.6 is 0 Å². The van der Waals surface area contributed by atoms with Gasteiger partial charge in [-0.25, -0.2) is 4.79 Å². The van der Waals surface area contributed by atoms with Gasteiger partial charge in [0.25, 0.3) is 0 Å². The normalized spacial score (nSPS) is 15.2. The summed E-state index contributed by atoms with van der Waals surface area (Å²) in [5.41, 5.74) is 2.50. The molecule has 0 spiro atoms. The number of nitrogens with zero attached hydrogens (tertiary/aromatic N) is 2. The van der Waals surface area contributed by atoms with Crippen LogP contribution in [0.25, 0.3) is 0 Å². The van der Waals surface area contributed by atoms with Crippen LogP contribution in [-0.2, 0) is 22.5 Å². The van der Waals surface area contributed by atoms with Gasteiger partial charge in [0.05, 0.1) is 12.5 Å². The average molecular weight is 452 g/mol. The third kappa shape index (κ3) is 7.90. The van der Waals surface area contributed by atoms with E-state index in [2.05, 4.69) is 22.3 Å². The number of hydrogen-bond acceptors (Lipinski definition) is 4. The zero-order valence-corrected chi connectivity index (χ0v) is 20.3. The van der Waals surface area contributed by atoms with Gasteiger partial charge >= 0.3 is 6.09 Å². The van der Waals surface area contributed by atoms with Crippen LogP contribution < -0.4 is 5.32 Å². The number of rotatable bonds is 8. The van der Waals surface area contributed by atoms with Gasteiger partial charge in [-0.3, -0.25) is 4.79 Å². The van der Waals surface area contributed by atoms with Crippen LogP contribution in [0.1, 0.15) is 56.3 Å². The third-order valence-corrected chi connectivity index (χ3v) is 5.86. The lowest BCUT2D eigenvalue weighted by Crippen LogP contribution is -2.39. The van der Waals surface area contributed by atoms with E-state index in [1.165, 1.54) is 12.8 Å². The Hall–Kier alpha value is -2.86. The lowest BCUT2D eigenvalue weighted by molar-refractivity contribution is -0.131. The van der Waals surface area contributed by atoms with Crippen LogP contribution in [0.2, 0.25) is 0 Å². The number of likely N-dealkylation sites (tertiary alicyclic amines) is 1. The average Bonchev–Trinajstić information content (AvgIpc) is 3.29. The molecule has 2 aromatic rings. The summed E-state index contributed by atoms with van der Waals surface area (Å²) >= 11 is 0. The topological polar surface area (TPSA) is 61.9 Å². The summed E-state index contributed by atoms with van der Waals surface area (Å²) in [5.74, 6) is 0.0836. The van der Waals surface area contributed by atoms with Crippen molar-refractivity contribution >= 4 is 12.0 Å². The fourth-order valence-electron chi connectivity index (χ4n) is 4.15. The molecule has 1 fully saturated rings. The van der Waals surface area contributed by atoms with Crippen molar-refractivity contribution in [3.05, 3.63) is 71.3 Å². The van der Waals surface area contributed by atoms with Crippen LogP contribution in [0.15, 0.2) is 54.6 Å². The maximum absolute atomic E-state index is 13.3. The van der Waals surface area contributed by atoms with E-state index in [9.17, 15) is 9.59 Å². The molecule has 1 N–H and O–H groups in total. The highest BCUT2D eigenvalue weighted by atomic mass is 16.6. The van der Waals surface area contributed by atoms with Crippen molar-refractivity contribution in [3.8, 4) is 0 Å². The molecule has 33 heavy (non-hydrogen) atoms. The molecule has 1 aliphatic heterocycles. The molecule has 1 atom stereocenters. The van der Waals surface area contributed by atoms with Gasteiger partial charge in [0.1, 0.15) is 5.60 Å². The number of benzene rings is 2. The van der Waals surface area contributed by atoms with Gasteiger partial charge < -0.3 is 19.9 Å². The Morgan fingerprint density at radius 3 is 2.36 bits per heavy atom. The number of carbonyl (C=O) groups excluding carboxylic acids is 2. The minimum absolute atomic E-state index is 0.0221. The van der Waals surface area contributed by atoms with Crippen molar-refractivity contribution in [1.29, 1.82) is 0 Å². The Bertz CT molecular complexity index is 918. The van der Waals surface area contributed by atoms with Crippen molar-refractivity contribution in [1.82, 2.24) is 15.1 Å². The summed E-state index contributed by atoms with van der Waals surface area (Å²) in [4.78, 5) is 29.5. The van der Waals surface area contributed by atoms with E-state index in [4.69, 9.17) is 4.74 Å². The molecule has 6 heteroatoms. The molecule has 1 saturated heterocycles. The molecule has 0 saturated carbocycles. The molecule has 2 amide bonds. The van der Waals surface area contributed by atoms with Gasteiger partial charge in [0, 0.05) is 20.1 Å². The monoisotopic (exact) mass is 451 g/mol. The maximum atomic E-state index is 13.3. The van der Waals surface area contributed by atoms with Crippen LogP contribution in [0.5, 0.6) is 0 Å². The summed E-state index contributed by atoms with van der Waals surface area (Å²) in [7, 11) is 1.91. The highest BCUT2D eigenvalue weighted by Crippen LogP contribution is 2.24. The molecule has 1 heterocycles. The van der Waals surface area contributed by atoms with Gasteiger partial charge in [-0.1, -0.05) is 54.6 Å². The van der Waals surface area contributed by atoms with Crippen molar-refractivity contribution in [2.45, 2.75) is 58.2 Å². The van der Waals surface area contributed by atoms with E-state index >= 15 is 0 Å². The number of amides is 2. The van der Waals surface area contributed by atoms with E-state index in [-0.39, 0.29) is 11.9 Å². The van der Waals surface area contributed by atoms with Gasteiger partial charge in [0.15, 0.2) is 0 Å². The van der Waals surface area contributed by atoms with Crippen molar-refractivity contribution < 1.29 is 14.3 Å². The van der Waals surface area contributed by atoms with E-state index in [0.717, 1.165) is 36.3 Å². The summed E-state index contributed by atoms with van der Waals surface area (Å²) < 4.78 is 5.29. The molecule has 1 aliphatic rings. The lowest BCUT2D eigenvalue weighted by Gasteiger charge is -2.32. The number of alkyl carbamates (subject to hydrolysis) is 1. The fourth-order valence-corrected chi connectivity index (χ4v) is 4.15. The standard InChI is InChI=1S/C27H37N3O3/c1-27(2,3)33-26(32)28-19-22-12-10-11-21(17-22)18-25(31)29(4)24(20-30-15-8-9-16-30)23-13-6-5-7-14-23/h5-7,10-14,17,24H,8-9,15-16,18-20H2,1-4H3,(H,28,32)/t24-/m1/s1. The Morgan fingerprint density at radius 1 is 1.03 bits per heavy atom. The number of hydrogen-bond donors (Lipinski definition) is 1. The minimum atomic E-state index is -0.534. The van der Waals surface area contributed by atoms with Crippen molar-refractivity contribution in [2.75, 3.05) is 26.7 Å². The molecule has 0 radical (unpaired) electrons. The first-order chi connectivity index (χ1) is 15.7. The highest BCUT2D eigenvalue weighted by Gasteiger charge is 2.25. The second-order valence-corrected chi connectivity index (χ2v) is 9.79. The van der Waals surface area contributed by atoms with Gasteiger partial charge in [-0.05, 0) is 63.4 Å². The van der Waals surface area contributed by atoms with E-state index in [1.807, 2.05) is 75.2 Å². The van der Waals surface area contributed by atoms with Crippen LogP contribution in [0, 0.1) is 0 Å². The fraction of sp³-hybridized carbons (Fsp3) is 0.481. The zero-order chi connectivity index (χ0) is 23.8. The largest absolute Gasteiger partial charge is 0.444 e. The van der Waals surface area contributed by atoms with E-state index in [1.54, 1.807) is 0 Å². The Morgan fingerprint density at radius 2 is 1.70 bits per heavy atom. The molecule has 0 bridgehead atoms. The number of nitrogens with one attached hydrogen (secondary N) is 1. The molecular weight excluding hydrogens is 414 g/mol. The number of ether oxygens (including phenoxy) is 1. The van der Waals surface area contributed by atoms with E-state index in [0.29, 0.717) is 13.0 Å². The summed E-state index contributed by atoms with van der Waals surface area (Å²) in [6, 6.07) is 18.1. The number of likely N-dealkylation sites (N-methyl/N-ethyl adjacent to an activating group) is 1. The number of carbonyl (C=O) groups is 2. The summed E-state index contributed by atoms with van der Waals surface area (Å²) in [5, 5.41) is 2.78. The van der Waals surface area contributed by atoms with Gasteiger partial charge in [-0.2, -0.15) is 0 Å². The first kappa shape index (κ1) is 24.8. The first-order valence-corrected chi connectivity index (χ1v) is 11.8. The molecule has 2 aromatic carbocycles. The predicted molar refractivity (Wildman–Crippen MR) is 131 cm³/mol. The smallest absolute Gasteiger partial charge is 0.407 e. The molecule has 0 unspecified atom stereocenters. The summed E-state index contributed by atoms with van der Waals surface area (Å²) in [6.45, 7) is 8.90. The first-order valence-electron chi connectivity index (χ1n) is 11.8. The van der Waals surface area contributed by atoms with Gasteiger partial charge in [0.2, 0.25) is 5.91 Å². The zero-order valence-electron chi connectivity index (χ0n) is 20.3. The predicted octanol–water partition coefficient (Wildman–Crippen LogP) is 4.55. The second-order valence-electron chi connectivity index (χ2n) is 9.79. The summed E-state index contributed by atoms with van der Waals surface area (Å²) in [6.07, 6.45) is 2.32. The molecule has 178 valence electrons. The van der Waals surface area contributed by atoms with Crippen LogP contribution in [0.4, 0.5) is 4.79 Å². The van der Waals surface area contributed by atoms with Crippen LogP contribution in [0.3, 0.4) is 0 Å². The molecular formula is C27H37N3O3. The SMILES string of the molecule is CN(C(=O)Cc1cccc(CNC(=O)OC(C)(C)C)c1)[C@H](CN1CCCC1)c1ccccc1. The molecule has 0 aliphatic carbocycles. The van der Waals surface area contributed by atoms with Crippen molar-refractivity contribution in [3.63, 3.8) is 0 Å².